The van der Waals surface area contributed by atoms with Crippen molar-refractivity contribution in [2.24, 2.45) is 45.6 Å². The molecule has 792 valence electrons. The summed E-state index contributed by atoms with van der Waals surface area (Å²) in [5.74, 6) is 1.91. The molecule has 146 heavy (non-hydrogen) atoms. The van der Waals surface area contributed by atoms with Gasteiger partial charge in [0.2, 0.25) is 17.7 Å². The summed E-state index contributed by atoms with van der Waals surface area (Å²) in [6.45, 7) is 9.03. The number of hydrogen-bond donors (Lipinski definition) is 13. The van der Waals surface area contributed by atoms with Crippen LogP contribution in [0.3, 0.4) is 0 Å². The number of carbonyl (C=O) groups is 7. The van der Waals surface area contributed by atoms with E-state index in [9.17, 15) is 19.5 Å². The molecule has 5 aromatic rings. The molecule has 0 radical (unpaired) electrons. The van der Waals surface area contributed by atoms with Crippen molar-refractivity contribution in [1.29, 1.82) is 5.41 Å². The van der Waals surface area contributed by atoms with E-state index in [0.717, 1.165) is 74.2 Å². The number of allylic oxidation sites excluding steroid dienone is 2. The average molecular weight is 2020 g/mol. The first kappa shape index (κ1) is 107. The van der Waals surface area contributed by atoms with Crippen LogP contribution in [0.2, 0.25) is 0 Å². The largest absolute Gasteiger partial charge is 0.493 e. The lowest BCUT2D eigenvalue weighted by molar-refractivity contribution is -0.170. The van der Waals surface area contributed by atoms with Crippen molar-refractivity contribution in [2.45, 2.75) is 289 Å². The molecule has 19 atom stereocenters. The molecular formula is C112H155N15O19. The number of nitrogens with zero attached hydrogens (tertiary/aromatic N) is 3. The van der Waals surface area contributed by atoms with Crippen molar-refractivity contribution in [3.8, 4) is 46.0 Å². The van der Waals surface area contributed by atoms with Gasteiger partial charge in [0.15, 0.2) is 52.8 Å². The number of amidine groups is 1. The Morgan fingerprint density at radius 3 is 1.27 bits per heavy atom. The monoisotopic (exact) mass is 2010 g/mol. The van der Waals surface area contributed by atoms with E-state index in [-0.39, 0.29) is 109 Å². The van der Waals surface area contributed by atoms with Crippen LogP contribution < -0.4 is 98.0 Å². The van der Waals surface area contributed by atoms with Gasteiger partial charge in [-0.25, -0.2) is 19.2 Å². The lowest BCUT2D eigenvalue weighted by atomic mass is 9.45. The Hall–Kier alpha value is -10.8. The molecule has 0 saturated carbocycles. The number of aliphatic hydroxyl groups is 1. The minimum Gasteiger partial charge on any atom is -0.493 e. The first-order valence-corrected chi connectivity index (χ1v) is 53.4. The normalized spacial score (nSPS) is 26.7. The van der Waals surface area contributed by atoms with Crippen molar-refractivity contribution in [3.05, 3.63) is 165 Å². The maximum absolute atomic E-state index is 15.4. The number of likely N-dealkylation sites (tertiary alicyclic amines) is 3. The highest BCUT2D eigenvalue weighted by atomic mass is 16.6. The molecule has 3 spiro atoms. The number of likely N-dealkylation sites (N-methyl/N-ethyl adjacent to an activating group) is 5. The number of nitrogen functional groups attached to an aromatic ring is 1. The average Bonchev–Trinajstić information content (AvgIpc) is 1.30. The molecule has 3 fully saturated rings. The Labute approximate surface area is 858 Å². The highest BCUT2D eigenvalue weighted by molar-refractivity contribution is 5.95. The quantitative estimate of drug-likeness (QED) is 0.00328. The third-order valence-electron chi connectivity index (χ3n) is 35.3. The number of piperidine rings is 3. The minimum absolute atomic E-state index is 0.111. The number of carbonyl (C=O) groups excluding carboxylic acids is 7. The predicted octanol–water partition coefficient (Wildman–Crippen LogP) is 9.39. The second-order valence-electron chi connectivity index (χ2n) is 43.2. The van der Waals surface area contributed by atoms with Crippen LogP contribution in [0.1, 0.15) is 230 Å². The molecule has 2 unspecified atom stereocenters. The number of amides is 3. The fraction of sp³-hybridized carbons (Fsp3) is 0.607. The number of benzene rings is 5. The van der Waals surface area contributed by atoms with E-state index in [0.29, 0.717) is 212 Å². The summed E-state index contributed by atoms with van der Waals surface area (Å²) < 4.78 is 70.0. The van der Waals surface area contributed by atoms with Crippen LogP contribution in [0.25, 0.3) is 0 Å². The number of nitrogens with one attached hydrogen (secondary N) is 8. The standard InChI is InChI=1S/C112H155N15O19/c1-107-46-43-84(96-109(107)49-58-125(5)87(107)63-69-33-40-81(136-8)93(144-96)90(69)109)141-104(132)78(118-3)26-14-20-55-120-100(128)72(23-11-17-52-113)61-74(124-77(25-13-19-54-115)102(130)122-57-21-15-27-79(119-4)105(133)142-86-45-48-112(135)89-65-71-35-42-83(138-10)95-92(71)111(112,98(86)146-95)51-60-127(89)7)62-73(24-12-18-53-114)101(129)121-56-22-16-28-80(123-66-139-75-36-31-68(32-37-75)103(131)140-76-38-29-67(30-39-76)99(116)117)106(134)143-85-44-47-108(2)88-64-70-34-41-82(137-9)94-91(70)110(108,97(85)145-94)50-59-126(88)6/h29-45,72-74,77-80,87-89,96-98,118-119,123-124,135H,11-28,46-66,113-115H2,1-10H3,(H3,116,117)(H,120,128)(H,121,129)(H,122,130)/t72-,73+,74?,77+,78+,79+,80-,87+,88+,89+,96-,97-,98-,107-,108?,109-,110-,111-,112+/m0/s1. The van der Waals surface area contributed by atoms with Gasteiger partial charge in [-0.05, 0) is 337 Å². The molecule has 17 rings (SSSR count). The van der Waals surface area contributed by atoms with E-state index in [1.165, 1.54) is 16.7 Å². The fourth-order valence-electron chi connectivity index (χ4n) is 27.3. The molecular weight excluding hydrogens is 1860 g/mol. The topological polar surface area (TPSA) is 463 Å². The lowest BCUT2D eigenvalue weighted by Crippen LogP contribution is -2.74. The van der Waals surface area contributed by atoms with E-state index < -0.39 is 106 Å². The SMILES string of the molecule is CN[C@H](CCCCNC(=O)[C@@H](CCCCN)CC(C[C@@H](CCCCN)C(=O)NCCCC[C@H](NCOc1ccc(C(=O)Oc2ccc(C(=N)N)cc2)cc1)C(=O)OC1=CCC2(C)[C@H]3Cc4ccc(OC)c5c4[C@@]2(CCN3C)[C@H]1O5)N[C@H](CCCCN)C(=O)NCCCC[C@@H](NC)C(=O)OC1=CC[C@@]2(O)[C@H]3Cc4ccc(OC)c5c4[C@@]2(CCN3C)[C@H]1O5)C(=O)OC1=CC[C@@]2(C)[C@H]3Cc4ccc(OC)c5c4[C@@]2(CCN3C)[C@H]1O5. The molecule has 6 aliphatic heterocycles. The second-order valence-corrected chi connectivity index (χ2v) is 43.2. The molecule has 6 bridgehead atoms. The summed E-state index contributed by atoms with van der Waals surface area (Å²) in [4.78, 5) is 110. The van der Waals surface area contributed by atoms with E-state index >= 15 is 19.2 Å². The first-order chi connectivity index (χ1) is 70.5. The Balaban J connectivity index is 0.571. The molecule has 12 aliphatic rings. The molecule has 17 N–H and O–H groups in total. The van der Waals surface area contributed by atoms with Crippen molar-refractivity contribution < 1.29 is 90.8 Å². The molecule has 5 aromatic carbocycles. The van der Waals surface area contributed by atoms with Crippen LogP contribution in [-0.2, 0) is 78.5 Å². The summed E-state index contributed by atoms with van der Waals surface area (Å²) in [6, 6.07) is 21.6. The van der Waals surface area contributed by atoms with Crippen molar-refractivity contribution in [2.75, 3.05) is 122 Å². The van der Waals surface area contributed by atoms with Crippen LogP contribution in [0.15, 0.2) is 120 Å². The number of nitrogens with two attached hydrogens (primary N) is 4. The van der Waals surface area contributed by atoms with Crippen LogP contribution >= 0.6 is 0 Å². The van der Waals surface area contributed by atoms with E-state index in [4.69, 9.17) is 80.4 Å². The second kappa shape index (κ2) is 45.7. The van der Waals surface area contributed by atoms with Gasteiger partial charge in [-0.2, -0.15) is 0 Å². The lowest BCUT2D eigenvalue weighted by Gasteiger charge is -2.63. The van der Waals surface area contributed by atoms with Gasteiger partial charge >= 0.3 is 23.9 Å². The van der Waals surface area contributed by atoms with Crippen molar-refractivity contribution in [3.63, 3.8) is 0 Å². The summed E-state index contributed by atoms with van der Waals surface area (Å²) in [7, 11) is 14.8. The number of ether oxygens (including phenoxy) is 11. The zero-order chi connectivity index (χ0) is 103. The van der Waals surface area contributed by atoms with Gasteiger partial charge < -0.3 is 127 Å². The van der Waals surface area contributed by atoms with Crippen LogP contribution in [0, 0.1) is 28.1 Å². The molecule has 6 aliphatic carbocycles. The van der Waals surface area contributed by atoms with Crippen molar-refractivity contribution in [1.82, 2.24) is 51.9 Å². The smallest absolute Gasteiger partial charge is 0.343 e. The number of methoxy groups -OCH3 is 3. The van der Waals surface area contributed by atoms with Crippen LogP contribution in [-0.4, -0.2) is 262 Å². The van der Waals surface area contributed by atoms with Gasteiger partial charge in [0.1, 0.15) is 59.5 Å². The Morgan fingerprint density at radius 2 is 0.829 bits per heavy atom. The van der Waals surface area contributed by atoms with Gasteiger partial charge in [-0.1, -0.05) is 51.3 Å². The van der Waals surface area contributed by atoms with Gasteiger partial charge in [0.05, 0.1) is 54.8 Å². The van der Waals surface area contributed by atoms with Gasteiger partial charge in [0.25, 0.3) is 0 Å². The van der Waals surface area contributed by atoms with E-state index in [1.54, 1.807) is 84.0 Å². The molecule has 3 amide bonds. The molecule has 6 heterocycles. The summed E-state index contributed by atoms with van der Waals surface area (Å²) in [5, 5.41) is 44.0. The molecule has 34 nitrogen and oxygen atoms in total. The van der Waals surface area contributed by atoms with Gasteiger partial charge in [0, 0.05) is 95.1 Å². The Morgan fingerprint density at radius 1 is 0.452 bits per heavy atom. The van der Waals surface area contributed by atoms with E-state index in [2.05, 4.69) is 111 Å². The fourth-order valence-corrected chi connectivity index (χ4v) is 27.3. The van der Waals surface area contributed by atoms with Crippen LogP contribution in [0.5, 0.6) is 46.0 Å². The number of rotatable bonds is 54. The van der Waals surface area contributed by atoms with Gasteiger partial charge in [-0.3, -0.25) is 25.1 Å². The number of esters is 4. The number of unbranched alkanes of at least 4 members (excludes halogenated alkanes) is 6. The Kier molecular flexibility index (Phi) is 33.4. The molecule has 3 saturated heterocycles. The number of hydrogen-bond acceptors (Lipinski definition) is 30. The summed E-state index contributed by atoms with van der Waals surface area (Å²) in [6.07, 6.45) is 20.0. The highest BCUT2D eigenvalue weighted by Crippen LogP contribution is 2.72. The predicted molar refractivity (Wildman–Crippen MR) is 552 cm³/mol. The summed E-state index contributed by atoms with van der Waals surface area (Å²) >= 11 is 0. The minimum atomic E-state index is -1.18. The first-order valence-electron chi connectivity index (χ1n) is 53.4. The van der Waals surface area contributed by atoms with Gasteiger partial charge in [-0.15, -0.1) is 0 Å². The summed E-state index contributed by atoms with van der Waals surface area (Å²) in [5.41, 5.74) is 28.4. The maximum atomic E-state index is 15.4. The third-order valence-corrected chi connectivity index (χ3v) is 35.3. The molecule has 34 heteroatoms. The van der Waals surface area contributed by atoms with Crippen LogP contribution in [0.4, 0.5) is 0 Å². The Bertz CT molecular complexity index is 5500. The third kappa shape index (κ3) is 20.1. The highest BCUT2D eigenvalue weighted by Gasteiger charge is 2.75. The maximum Gasteiger partial charge on any atom is 0.343 e. The van der Waals surface area contributed by atoms with Crippen molar-refractivity contribution >= 4 is 47.4 Å². The molecule has 0 aromatic heterocycles. The zero-order valence-corrected chi connectivity index (χ0v) is 86.8. The van der Waals surface area contributed by atoms with E-state index in [1.807, 2.05) is 30.4 Å². The zero-order valence-electron chi connectivity index (χ0n) is 86.8.